The second-order valence-corrected chi connectivity index (χ2v) is 8.44. The normalized spacial score (nSPS) is 19.5. The van der Waals surface area contributed by atoms with E-state index in [9.17, 15) is 29.1 Å². The molecule has 2 aliphatic heterocycles. The first-order chi connectivity index (χ1) is 14.2. The molecule has 1 fully saturated rings. The minimum Gasteiger partial charge on any atom is -0.543 e. The van der Waals surface area contributed by atoms with E-state index in [2.05, 4.69) is 15.6 Å². The van der Waals surface area contributed by atoms with Gasteiger partial charge in [-0.15, -0.1) is 23.1 Å². The molecule has 3 heterocycles. The van der Waals surface area contributed by atoms with Gasteiger partial charge in [-0.25, -0.2) is 4.98 Å². The number of carbonyl (C=O) groups excluding carboxylic acids is 5. The molecule has 11 nitrogen and oxygen atoms in total. The Kier molecular flexibility index (Phi) is 8.65. The number of aromatic nitrogens is 1. The third-order valence-corrected chi connectivity index (χ3v) is 6.33. The maximum atomic E-state index is 12.5. The predicted molar refractivity (Wildman–Crippen MR) is 104 cm³/mol. The van der Waals surface area contributed by atoms with Crippen LogP contribution in [0.25, 0.3) is 0 Å². The summed E-state index contributed by atoms with van der Waals surface area (Å²) in [6.45, 7) is 2.29. The molecule has 1 aromatic heterocycles. The van der Waals surface area contributed by atoms with Gasteiger partial charge < -0.3 is 25.3 Å². The summed E-state index contributed by atoms with van der Waals surface area (Å²) in [6, 6.07) is -0.888. The zero-order valence-electron chi connectivity index (χ0n) is 16.9. The Labute approximate surface area is 207 Å². The van der Waals surface area contributed by atoms with Crippen molar-refractivity contribution < 1.29 is 63.4 Å². The number of thiazole rings is 1. The number of aliphatic carboxylic acids is 1. The number of amides is 3. The van der Waals surface area contributed by atoms with Crippen LogP contribution in [0.3, 0.4) is 0 Å². The van der Waals surface area contributed by atoms with Gasteiger partial charge >= 0.3 is 35.5 Å². The van der Waals surface area contributed by atoms with Crippen LogP contribution in [-0.4, -0.2) is 63.3 Å². The molecule has 1 unspecified atom stereocenters. The Morgan fingerprint density at radius 3 is 2.65 bits per heavy atom. The molecule has 2 aliphatic rings. The van der Waals surface area contributed by atoms with Crippen LogP contribution in [0.2, 0.25) is 0 Å². The van der Waals surface area contributed by atoms with Crippen LogP contribution >= 0.6 is 23.1 Å². The summed E-state index contributed by atoms with van der Waals surface area (Å²) in [5, 5.41) is 18.1. The molecule has 0 radical (unpaired) electrons. The topological polar surface area (TPSA) is 158 Å². The number of carboxylic acids is 1. The zero-order chi connectivity index (χ0) is 22.0. The molecule has 0 saturated carbocycles. The summed E-state index contributed by atoms with van der Waals surface area (Å²) in [5.74, 6) is -3.23. The second kappa shape index (κ2) is 10.6. The third kappa shape index (κ3) is 5.86. The minimum absolute atomic E-state index is 0. The van der Waals surface area contributed by atoms with Crippen molar-refractivity contribution in [1.29, 1.82) is 0 Å². The Morgan fingerprint density at radius 1 is 1.32 bits per heavy atom. The number of thioether (sulfide) groups is 1. The van der Waals surface area contributed by atoms with Crippen molar-refractivity contribution in [3.05, 3.63) is 22.3 Å². The van der Waals surface area contributed by atoms with Crippen LogP contribution in [0.1, 0.15) is 19.5 Å². The fraction of sp³-hybridized carbons (Fsp3) is 0.412. The fourth-order valence-electron chi connectivity index (χ4n) is 2.96. The van der Waals surface area contributed by atoms with E-state index in [1.807, 2.05) is 0 Å². The third-order valence-electron chi connectivity index (χ3n) is 4.18. The molecular formula is C17H17N4NaO7S2. The van der Waals surface area contributed by atoms with Gasteiger partial charge in [0.2, 0.25) is 11.8 Å². The molecule has 0 bridgehead atoms. The molecule has 0 spiro atoms. The number of fused-ring (bicyclic) bond motifs is 1. The number of anilines is 1. The van der Waals surface area contributed by atoms with Gasteiger partial charge in [-0.3, -0.25) is 24.1 Å². The van der Waals surface area contributed by atoms with E-state index in [0.717, 1.165) is 4.90 Å². The Balaban J connectivity index is 0.00000341. The SMILES string of the molecule is CC(=O)Nc1nc(CC(=O)NC2C(=O)N3C(C(=O)[O-])=C(COC(C)=O)CS[C@H]23)cs1.[Na+]. The average molecular weight is 476 g/mol. The fourth-order valence-corrected chi connectivity index (χ4v) is 5.04. The first-order valence-corrected chi connectivity index (χ1v) is 10.6. The van der Waals surface area contributed by atoms with Gasteiger partial charge in [0, 0.05) is 30.6 Å². The van der Waals surface area contributed by atoms with Crippen LogP contribution in [0.15, 0.2) is 16.7 Å². The summed E-state index contributed by atoms with van der Waals surface area (Å²) < 4.78 is 4.85. The van der Waals surface area contributed by atoms with E-state index < -0.39 is 35.2 Å². The van der Waals surface area contributed by atoms with Gasteiger partial charge in [-0.05, 0) is 0 Å². The Hall–Kier alpha value is -1.93. The van der Waals surface area contributed by atoms with Crippen LogP contribution in [0, 0.1) is 0 Å². The first-order valence-electron chi connectivity index (χ1n) is 8.70. The molecule has 2 atom stereocenters. The number of carbonyl (C=O) groups is 5. The Bertz CT molecular complexity index is 964. The summed E-state index contributed by atoms with van der Waals surface area (Å²) >= 11 is 2.43. The van der Waals surface area contributed by atoms with Crippen LogP contribution in [0.5, 0.6) is 0 Å². The van der Waals surface area contributed by atoms with Gasteiger partial charge in [-0.1, -0.05) is 0 Å². The van der Waals surface area contributed by atoms with Crippen molar-refractivity contribution in [2.45, 2.75) is 31.7 Å². The van der Waals surface area contributed by atoms with Crippen molar-refractivity contribution in [3.8, 4) is 0 Å². The van der Waals surface area contributed by atoms with Gasteiger partial charge in [0.05, 0.1) is 23.8 Å². The van der Waals surface area contributed by atoms with Crippen molar-refractivity contribution in [3.63, 3.8) is 0 Å². The molecule has 1 aromatic rings. The molecule has 160 valence electrons. The maximum absolute atomic E-state index is 12.5. The molecule has 0 aliphatic carbocycles. The van der Waals surface area contributed by atoms with Gasteiger partial charge in [0.1, 0.15) is 18.0 Å². The summed E-state index contributed by atoms with van der Waals surface area (Å²) in [7, 11) is 0. The molecule has 1 saturated heterocycles. The number of hydrogen-bond donors (Lipinski definition) is 2. The van der Waals surface area contributed by atoms with Gasteiger partial charge in [-0.2, -0.15) is 0 Å². The molecule has 0 aromatic carbocycles. The molecule has 31 heavy (non-hydrogen) atoms. The Morgan fingerprint density at radius 2 is 2.03 bits per heavy atom. The van der Waals surface area contributed by atoms with Gasteiger partial charge in [0.25, 0.3) is 5.91 Å². The zero-order valence-corrected chi connectivity index (χ0v) is 20.6. The number of carboxylic acid groups (broad SMARTS) is 1. The minimum atomic E-state index is -1.55. The number of β-lactam (4-membered cyclic amide) rings is 1. The van der Waals surface area contributed by atoms with E-state index in [4.69, 9.17) is 4.74 Å². The van der Waals surface area contributed by atoms with Crippen molar-refractivity contribution in [1.82, 2.24) is 15.2 Å². The van der Waals surface area contributed by atoms with Crippen LogP contribution in [0.4, 0.5) is 5.13 Å². The number of ether oxygens (including phenoxy) is 1. The largest absolute Gasteiger partial charge is 1.00 e. The molecular weight excluding hydrogens is 459 g/mol. The van der Waals surface area contributed by atoms with Crippen molar-refractivity contribution in [2.24, 2.45) is 0 Å². The number of hydrogen-bond acceptors (Lipinski definition) is 10. The molecule has 2 N–H and O–H groups in total. The van der Waals surface area contributed by atoms with Crippen LogP contribution < -0.4 is 45.3 Å². The predicted octanol–water partition coefficient (Wildman–Crippen LogP) is -4.38. The average Bonchev–Trinajstić information content (AvgIpc) is 3.09. The van der Waals surface area contributed by atoms with E-state index in [0.29, 0.717) is 10.8 Å². The standard InChI is InChI=1S/C17H18N4O7S2.Na/c1-7(22)18-17-19-10(6-30-17)3-11(24)20-12-14(25)21-13(16(26)27)9(4-28-8(2)23)5-29-15(12)21;/h6,12,15H,3-5H2,1-2H3,(H,20,24)(H,26,27)(H,18,19,22);/q;+1/p-1/t12?,15-;/m1./s1. The van der Waals surface area contributed by atoms with E-state index in [1.165, 1.54) is 36.9 Å². The summed E-state index contributed by atoms with van der Waals surface area (Å²) in [4.78, 5) is 63.6. The quantitative estimate of drug-likeness (QED) is 0.225. The van der Waals surface area contributed by atoms with Crippen molar-refractivity contribution in [2.75, 3.05) is 17.7 Å². The summed E-state index contributed by atoms with van der Waals surface area (Å²) in [5.41, 5.74) is 0.368. The van der Waals surface area contributed by atoms with E-state index >= 15 is 0 Å². The number of rotatable bonds is 7. The maximum Gasteiger partial charge on any atom is 1.00 e. The number of esters is 1. The number of nitrogens with zero attached hydrogens (tertiary/aromatic N) is 2. The summed E-state index contributed by atoms with van der Waals surface area (Å²) in [6.07, 6.45) is -0.0991. The van der Waals surface area contributed by atoms with Gasteiger partial charge in [0.15, 0.2) is 5.13 Å². The second-order valence-electron chi connectivity index (χ2n) is 6.48. The molecule has 14 heteroatoms. The van der Waals surface area contributed by atoms with E-state index in [1.54, 1.807) is 5.38 Å². The van der Waals surface area contributed by atoms with E-state index in [-0.39, 0.29) is 65.5 Å². The number of nitrogens with one attached hydrogen (secondary N) is 2. The smallest absolute Gasteiger partial charge is 0.543 e. The molecule has 3 rings (SSSR count). The van der Waals surface area contributed by atoms with Crippen LogP contribution in [-0.2, 0) is 35.1 Å². The first kappa shape index (κ1) is 25.3. The molecule has 3 amide bonds. The van der Waals surface area contributed by atoms with Crippen molar-refractivity contribution >= 4 is 57.9 Å². The monoisotopic (exact) mass is 476 g/mol.